The first-order chi connectivity index (χ1) is 18.6. The maximum atomic E-state index is 12.9. The summed E-state index contributed by atoms with van der Waals surface area (Å²) >= 11 is 0. The van der Waals surface area contributed by atoms with Crippen LogP contribution in [-0.2, 0) is 61.9 Å². The van der Waals surface area contributed by atoms with Crippen molar-refractivity contribution < 1.29 is 66.7 Å². The number of carbonyl (C=O) groups is 7. The Bertz CT molecular complexity index is 849. The fourth-order valence-corrected chi connectivity index (χ4v) is 2.74. The van der Waals surface area contributed by atoms with Crippen molar-refractivity contribution in [2.75, 3.05) is 40.0 Å². The van der Waals surface area contributed by atoms with E-state index < -0.39 is 87.0 Å². The van der Waals surface area contributed by atoms with Gasteiger partial charge in [0.2, 0.25) is 20.4 Å². The number of nitrogens with one attached hydrogen (secondary N) is 1. The number of carbonyl (C=O) groups excluding carboxylic acids is 7. The van der Waals surface area contributed by atoms with E-state index >= 15 is 0 Å². The van der Waals surface area contributed by atoms with Gasteiger partial charge in [0.15, 0.2) is 0 Å². The van der Waals surface area contributed by atoms with Gasteiger partial charge in [-0.3, -0.25) is 33.7 Å². The summed E-state index contributed by atoms with van der Waals surface area (Å²) in [4.78, 5) is 83.4. The Morgan fingerprint density at radius 2 is 1.12 bits per heavy atom. The Kier molecular flexibility index (Phi) is 17.3. The SMILES string of the molecule is CC(=O)OCOC(=O)CN(CC(=O)OCOC(C)=O)C(CCCCNC(=O)OC(C)(C)C)C(=O)OCOC(C)=O. The molecule has 0 aromatic heterocycles. The molecule has 1 amide bonds. The predicted molar refractivity (Wildman–Crippen MR) is 132 cm³/mol. The number of hydrogen-bond acceptors (Lipinski definition) is 15. The lowest BCUT2D eigenvalue weighted by Crippen LogP contribution is -2.48. The van der Waals surface area contributed by atoms with E-state index in [0.29, 0.717) is 12.8 Å². The summed E-state index contributed by atoms with van der Waals surface area (Å²) in [6.07, 6.45) is 0.0558. The first kappa shape index (κ1) is 36.0. The monoisotopic (exact) mass is 578 g/mol. The molecular weight excluding hydrogens is 540 g/mol. The minimum Gasteiger partial charge on any atom is -0.444 e. The Labute approximate surface area is 231 Å². The van der Waals surface area contributed by atoms with Crippen LogP contribution in [0.5, 0.6) is 0 Å². The van der Waals surface area contributed by atoms with Crippen LogP contribution in [0.4, 0.5) is 4.79 Å². The molecule has 228 valence electrons. The second kappa shape index (κ2) is 19.2. The molecule has 0 aromatic carbocycles. The van der Waals surface area contributed by atoms with E-state index in [9.17, 15) is 33.6 Å². The number of alkyl carbamates (subject to hydrolysis) is 1. The number of hydrogen-bond donors (Lipinski definition) is 1. The molecule has 1 atom stereocenters. The lowest BCUT2D eigenvalue weighted by atomic mass is 10.1. The fourth-order valence-electron chi connectivity index (χ4n) is 2.74. The molecule has 0 heterocycles. The first-order valence-electron chi connectivity index (χ1n) is 12.2. The summed E-state index contributed by atoms with van der Waals surface area (Å²) in [5, 5.41) is 2.57. The highest BCUT2D eigenvalue weighted by atomic mass is 16.7. The van der Waals surface area contributed by atoms with Crippen LogP contribution in [0.2, 0.25) is 0 Å². The quantitative estimate of drug-likeness (QED) is 0.108. The van der Waals surface area contributed by atoms with Crippen molar-refractivity contribution in [2.45, 2.75) is 72.4 Å². The van der Waals surface area contributed by atoms with E-state index in [0.717, 1.165) is 25.7 Å². The van der Waals surface area contributed by atoms with Crippen molar-refractivity contribution in [1.29, 1.82) is 0 Å². The lowest BCUT2D eigenvalue weighted by Gasteiger charge is -2.28. The summed E-state index contributed by atoms with van der Waals surface area (Å²) in [5.41, 5.74) is -0.685. The minimum atomic E-state index is -1.25. The highest BCUT2D eigenvalue weighted by Gasteiger charge is 2.31. The van der Waals surface area contributed by atoms with Crippen LogP contribution < -0.4 is 5.32 Å². The van der Waals surface area contributed by atoms with Gasteiger partial charge in [-0.15, -0.1) is 0 Å². The van der Waals surface area contributed by atoms with E-state index in [2.05, 4.69) is 19.5 Å². The van der Waals surface area contributed by atoms with Gasteiger partial charge in [-0.05, 0) is 40.0 Å². The molecule has 16 heteroatoms. The van der Waals surface area contributed by atoms with E-state index in [4.69, 9.17) is 18.9 Å². The average Bonchev–Trinajstić information content (AvgIpc) is 2.79. The third kappa shape index (κ3) is 20.1. The minimum absolute atomic E-state index is 0.0172. The van der Waals surface area contributed by atoms with Gasteiger partial charge in [0.05, 0.1) is 13.1 Å². The summed E-state index contributed by atoms with van der Waals surface area (Å²) < 4.78 is 33.5. The van der Waals surface area contributed by atoms with E-state index in [1.807, 2.05) is 0 Å². The van der Waals surface area contributed by atoms with Gasteiger partial charge in [-0.2, -0.15) is 0 Å². The summed E-state index contributed by atoms with van der Waals surface area (Å²) in [7, 11) is 0. The topological polar surface area (TPSA) is 199 Å². The highest BCUT2D eigenvalue weighted by molar-refractivity contribution is 5.80. The summed E-state index contributed by atoms with van der Waals surface area (Å²) in [5.74, 6) is -4.98. The number of nitrogens with zero attached hydrogens (tertiary/aromatic N) is 1. The first-order valence-corrected chi connectivity index (χ1v) is 12.2. The lowest BCUT2D eigenvalue weighted by molar-refractivity contribution is -0.172. The van der Waals surface area contributed by atoms with Gasteiger partial charge in [-0.1, -0.05) is 0 Å². The van der Waals surface area contributed by atoms with Gasteiger partial charge in [-0.25, -0.2) is 4.79 Å². The number of unbranched alkanes of at least 4 members (excludes halogenated alkanes) is 1. The molecule has 0 radical (unpaired) electrons. The molecule has 0 bridgehead atoms. The Balaban J connectivity index is 5.50. The molecule has 1 unspecified atom stereocenters. The van der Waals surface area contributed by atoms with Crippen molar-refractivity contribution in [3.8, 4) is 0 Å². The van der Waals surface area contributed by atoms with Crippen molar-refractivity contribution in [2.24, 2.45) is 0 Å². The van der Waals surface area contributed by atoms with Crippen LogP contribution in [0.15, 0.2) is 0 Å². The molecule has 0 rings (SSSR count). The number of amides is 1. The normalized spacial score (nSPS) is 11.5. The van der Waals surface area contributed by atoms with Crippen LogP contribution in [0.1, 0.15) is 60.8 Å². The van der Waals surface area contributed by atoms with E-state index in [1.54, 1.807) is 20.8 Å². The molecule has 0 spiro atoms. The molecule has 1 N–H and O–H groups in total. The molecule has 0 aliphatic heterocycles. The van der Waals surface area contributed by atoms with Gasteiger partial charge < -0.3 is 38.5 Å². The Morgan fingerprint density at radius 3 is 1.55 bits per heavy atom. The largest absolute Gasteiger partial charge is 0.444 e. The van der Waals surface area contributed by atoms with E-state index in [-0.39, 0.29) is 13.0 Å². The van der Waals surface area contributed by atoms with Crippen LogP contribution >= 0.6 is 0 Å². The molecule has 16 nitrogen and oxygen atoms in total. The molecule has 0 fully saturated rings. The van der Waals surface area contributed by atoms with Crippen molar-refractivity contribution in [1.82, 2.24) is 10.2 Å². The summed E-state index contributed by atoms with van der Waals surface area (Å²) in [6.45, 7) is 5.23. The van der Waals surface area contributed by atoms with Gasteiger partial charge in [0.25, 0.3) is 0 Å². The number of rotatable bonds is 17. The zero-order valence-electron chi connectivity index (χ0n) is 23.6. The van der Waals surface area contributed by atoms with Gasteiger partial charge in [0, 0.05) is 27.3 Å². The van der Waals surface area contributed by atoms with Crippen LogP contribution in [0.25, 0.3) is 0 Å². The molecule has 0 aliphatic rings. The third-order valence-corrected chi connectivity index (χ3v) is 4.38. The molecule has 0 aromatic rings. The van der Waals surface area contributed by atoms with Crippen LogP contribution in [0, 0.1) is 0 Å². The number of esters is 6. The predicted octanol–water partition coefficient (Wildman–Crippen LogP) is 0.543. The highest BCUT2D eigenvalue weighted by Crippen LogP contribution is 2.13. The van der Waals surface area contributed by atoms with Crippen molar-refractivity contribution in [3.63, 3.8) is 0 Å². The van der Waals surface area contributed by atoms with E-state index in [1.165, 1.54) is 0 Å². The molecule has 0 aliphatic carbocycles. The number of ether oxygens (including phenoxy) is 7. The van der Waals surface area contributed by atoms with Crippen LogP contribution in [-0.4, -0.2) is 98.5 Å². The zero-order valence-corrected chi connectivity index (χ0v) is 23.6. The van der Waals surface area contributed by atoms with Crippen LogP contribution in [0.3, 0.4) is 0 Å². The fraction of sp³-hybridized carbons (Fsp3) is 0.708. The third-order valence-electron chi connectivity index (χ3n) is 4.38. The second-order valence-electron chi connectivity index (χ2n) is 9.10. The maximum Gasteiger partial charge on any atom is 0.407 e. The Morgan fingerprint density at radius 1 is 0.675 bits per heavy atom. The second-order valence-corrected chi connectivity index (χ2v) is 9.10. The zero-order chi connectivity index (χ0) is 30.7. The summed E-state index contributed by atoms with van der Waals surface area (Å²) in [6, 6.07) is -1.25. The maximum absolute atomic E-state index is 12.9. The smallest absolute Gasteiger partial charge is 0.407 e. The van der Waals surface area contributed by atoms with Crippen molar-refractivity contribution in [3.05, 3.63) is 0 Å². The standard InChI is InChI=1S/C24H38N2O14/c1-16(27)34-13-37-20(30)11-26(12-21(31)38-14-35-17(2)28)19(22(32)39-15-36-18(3)29)9-7-8-10-25-23(33)40-24(4,5)6/h19H,7-15H2,1-6H3,(H,25,33). The van der Waals surface area contributed by atoms with Gasteiger partial charge >= 0.3 is 41.9 Å². The molecule has 40 heavy (non-hydrogen) atoms. The van der Waals surface area contributed by atoms with Crippen molar-refractivity contribution >= 4 is 41.9 Å². The molecular formula is C24H38N2O14. The average molecular weight is 579 g/mol. The molecule has 0 saturated carbocycles. The Hall–Kier alpha value is -3.95. The van der Waals surface area contributed by atoms with Gasteiger partial charge in [0.1, 0.15) is 11.6 Å². The molecule has 0 saturated heterocycles.